The van der Waals surface area contributed by atoms with E-state index in [1.54, 1.807) is 18.0 Å². The lowest BCUT2D eigenvalue weighted by Crippen LogP contribution is -2.37. The van der Waals surface area contributed by atoms with Crippen LogP contribution >= 0.6 is 0 Å². The minimum atomic E-state index is -0.943. The van der Waals surface area contributed by atoms with Crippen LogP contribution in [0.3, 0.4) is 0 Å². The Labute approximate surface area is 92.6 Å². The zero-order chi connectivity index (χ0) is 11.7. The van der Waals surface area contributed by atoms with Crippen molar-refractivity contribution in [2.24, 2.45) is 0 Å². The zero-order valence-electron chi connectivity index (χ0n) is 8.87. The summed E-state index contributed by atoms with van der Waals surface area (Å²) in [5.41, 5.74) is 0.669. The third-order valence-corrected chi connectivity index (χ3v) is 2.69. The summed E-state index contributed by atoms with van der Waals surface area (Å²) in [6.45, 7) is 2.06. The molecule has 1 aromatic heterocycles. The molecule has 0 amide bonds. The number of aromatic nitrogens is 2. The number of aryl methyl sites for hydroxylation is 1. The van der Waals surface area contributed by atoms with Crippen LogP contribution in [0.25, 0.3) is 0 Å². The number of aliphatic hydroxyl groups excluding tert-OH is 1. The number of carboxylic acid groups (broad SMARTS) is 1. The van der Waals surface area contributed by atoms with E-state index >= 15 is 0 Å². The lowest BCUT2D eigenvalue weighted by atomic mass is 10.2. The topological polar surface area (TPSA) is 86.5 Å². The van der Waals surface area contributed by atoms with Crippen molar-refractivity contribution < 1.29 is 15.0 Å². The number of anilines is 1. The van der Waals surface area contributed by atoms with Gasteiger partial charge in [0, 0.05) is 25.4 Å². The summed E-state index contributed by atoms with van der Waals surface area (Å²) < 4.78 is 0. The summed E-state index contributed by atoms with van der Waals surface area (Å²) in [7, 11) is 0. The van der Waals surface area contributed by atoms with Gasteiger partial charge in [0.05, 0.1) is 11.8 Å². The van der Waals surface area contributed by atoms with Gasteiger partial charge >= 0.3 is 5.97 Å². The zero-order valence-corrected chi connectivity index (χ0v) is 8.87. The second-order valence-corrected chi connectivity index (χ2v) is 3.86. The fourth-order valence-corrected chi connectivity index (χ4v) is 1.96. The van der Waals surface area contributed by atoms with Crippen molar-refractivity contribution in [3.8, 4) is 0 Å². The fraction of sp³-hybridized carbons (Fsp3) is 0.500. The van der Waals surface area contributed by atoms with Gasteiger partial charge in [-0.2, -0.15) is 0 Å². The van der Waals surface area contributed by atoms with E-state index in [1.165, 1.54) is 6.20 Å². The van der Waals surface area contributed by atoms with Gasteiger partial charge in [-0.25, -0.2) is 9.78 Å². The maximum Gasteiger partial charge on any atom is 0.326 e. The number of carboxylic acids is 1. The molecule has 1 fully saturated rings. The van der Waals surface area contributed by atoms with E-state index in [-0.39, 0.29) is 13.0 Å². The number of hydrogen-bond acceptors (Lipinski definition) is 5. The van der Waals surface area contributed by atoms with E-state index in [9.17, 15) is 9.90 Å². The highest BCUT2D eigenvalue weighted by atomic mass is 16.4. The lowest BCUT2D eigenvalue weighted by molar-refractivity contribution is -0.138. The van der Waals surface area contributed by atoms with Gasteiger partial charge in [-0.15, -0.1) is 0 Å². The number of β-amino-alcohol motifs (C(OH)–C–C–N with tert-alkyl or cyclic N) is 1. The van der Waals surface area contributed by atoms with Crippen molar-refractivity contribution in [2.75, 3.05) is 11.4 Å². The molecule has 0 aromatic carbocycles. The smallest absolute Gasteiger partial charge is 0.326 e. The third kappa shape index (κ3) is 1.83. The molecule has 2 rings (SSSR count). The Morgan fingerprint density at radius 3 is 2.81 bits per heavy atom. The van der Waals surface area contributed by atoms with Gasteiger partial charge in [0.15, 0.2) is 5.82 Å². The predicted octanol–water partition coefficient (Wildman–Crippen LogP) is -0.191. The van der Waals surface area contributed by atoms with Crippen molar-refractivity contribution in [3.63, 3.8) is 0 Å². The van der Waals surface area contributed by atoms with E-state index < -0.39 is 18.1 Å². The van der Waals surface area contributed by atoms with E-state index in [0.29, 0.717) is 11.5 Å². The molecule has 2 unspecified atom stereocenters. The molecule has 2 heterocycles. The molecule has 1 aliphatic rings. The average molecular weight is 223 g/mol. The van der Waals surface area contributed by atoms with Gasteiger partial charge in [0.1, 0.15) is 6.04 Å². The maximum absolute atomic E-state index is 11.0. The second kappa shape index (κ2) is 4.05. The highest BCUT2D eigenvalue weighted by Crippen LogP contribution is 2.25. The van der Waals surface area contributed by atoms with Crippen molar-refractivity contribution in [1.82, 2.24) is 9.97 Å². The minimum Gasteiger partial charge on any atom is -0.480 e. The molecule has 0 aliphatic carbocycles. The molecule has 16 heavy (non-hydrogen) atoms. The Morgan fingerprint density at radius 2 is 2.19 bits per heavy atom. The van der Waals surface area contributed by atoms with Crippen LogP contribution in [0.1, 0.15) is 12.1 Å². The molecular formula is C10H13N3O3. The Kier molecular flexibility index (Phi) is 2.74. The van der Waals surface area contributed by atoms with Crippen LogP contribution in [-0.2, 0) is 4.79 Å². The molecular weight excluding hydrogens is 210 g/mol. The molecule has 0 bridgehead atoms. The van der Waals surface area contributed by atoms with Gasteiger partial charge in [-0.05, 0) is 6.92 Å². The summed E-state index contributed by atoms with van der Waals surface area (Å²) in [5.74, 6) is -0.409. The summed E-state index contributed by atoms with van der Waals surface area (Å²) in [6.07, 6.45) is 2.68. The lowest BCUT2D eigenvalue weighted by Gasteiger charge is -2.22. The molecule has 1 saturated heterocycles. The third-order valence-electron chi connectivity index (χ3n) is 2.69. The van der Waals surface area contributed by atoms with E-state index in [0.717, 1.165) is 0 Å². The van der Waals surface area contributed by atoms with Gasteiger partial charge in [0.2, 0.25) is 0 Å². The standard InChI is InChI=1S/C10H13N3O3/c1-6-9(12-3-2-11-6)13-5-7(14)4-8(13)10(15)16/h2-3,7-8,14H,4-5H2,1H3,(H,15,16). The largest absolute Gasteiger partial charge is 0.480 e. The first-order valence-corrected chi connectivity index (χ1v) is 5.04. The van der Waals surface area contributed by atoms with Crippen molar-refractivity contribution >= 4 is 11.8 Å². The van der Waals surface area contributed by atoms with Crippen LogP contribution in [0, 0.1) is 6.92 Å². The number of rotatable bonds is 2. The number of hydrogen-bond donors (Lipinski definition) is 2. The Morgan fingerprint density at radius 1 is 1.50 bits per heavy atom. The minimum absolute atomic E-state index is 0.228. The van der Waals surface area contributed by atoms with E-state index in [2.05, 4.69) is 9.97 Å². The predicted molar refractivity (Wildman–Crippen MR) is 56.2 cm³/mol. The number of carbonyl (C=O) groups is 1. The Bertz CT molecular complexity index is 410. The molecule has 1 aromatic rings. The maximum atomic E-state index is 11.0. The number of nitrogens with zero attached hydrogens (tertiary/aromatic N) is 3. The van der Waals surface area contributed by atoms with Crippen molar-refractivity contribution in [2.45, 2.75) is 25.5 Å². The first kappa shape index (κ1) is 10.8. The van der Waals surface area contributed by atoms with E-state index in [1.807, 2.05) is 0 Å². The SMILES string of the molecule is Cc1nccnc1N1CC(O)CC1C(=O)O. The summed E-state index contributed by atoms with van der Waals surface area (Å²) in [6, 6.07) is -0.717. The molecule has 0 spiro atoms. The molecule has 1 aliphatic heterocycles. The summed E-state index contributed by atoms with van der Waals surface area (Å²) in [5, 5.41) is 18.6. The summed E-state index contributed by atoms with van der Waals surface area (Å²) >= 11 is 0. The first-order valence-electron chi connectivity index (χ1n) is 5.04. The van der Waals surface area contributed by atoms with Crippen molar-refractivity contribution in [3.05, 3.63) is 18.1 Å². The highest BCUT2D eigenvalue weighted by molar-refractivity contribution is 5.78. The molecule has 2 atom stereocenters. The second-order valence-electron chi connectivity index (χ2n) is 3.86. The monoisotopic (exact) mass is 223 g/mol. The number of aliphatic hydroxyl groups is 1. The van der Waals surface area contributed by atoms with Crippen LogP contribution in [0.4, 0.5) is 5.82 Å². The van der Waals surface area contributed by atoms with Crippen LogP contribution in [0.2, 0.25) is 0 Å². The van der Waals surface area contributed by atoms with Crippen LogP contribution in [0.15, 0.2) is 12.4 Å². The van der Waals surface area contributed by atoms with Crippen LogP contribution < -0.4 is 4.90 Å². The quantitative estimate of drug-likeness (QED) is 0.722. The van der Waals surface area contributed by atoms with Gasteiger partial charge in [0.25, 0.3) is 0 Å². The molecule has 2 N–H and O–H groups in total. The first-order chi connectivity index (χ1) is 7.59. The van der Waals surface area contributed by atoms with Crippen LogP contribution in [-0.4, -0.2) is 44.8 Å². The Hall–Kier alpha value is -1.69. The van der Waals surface area contributed by atoms with Gasteiger partial charge in [-0.3, -0.25) is 4.98 Å². The van der Waals surface area contributed by atoms with Gasteiger partial charge < -0.3 is 15.1 Å². The Balaban J connectivity index is 2.33. The normalized spacial score (nSPS) is 24.8. The molecule has 0 saturated carbocycles. The van der Waals surface area contributed by atoms with Crippen LogP contribution in [0.5, 0.6) is 0 Å². The highest BCUT2D eigenvalue weighted by Gasteiger charge is 2.37. The van der Waals surface area contributed by atoms with E-state index in [4.69, 9.17) is 5.11 Å². The van der Waals surface area contributed by atoms with Crippen molar-refractivity contribution in [1.29, 1.82) is 0 Å². The molecule has 86 valence electrons. The molecule has 6 heteroatoms. The number of aliphatic carboxylic acids is 1. The molecule has 6 nitrogen and oxygen atoms in total. The van der Waals surface area contributed by atoms with Gasteiger partial charge in [-0.1, -0.05) is 0 Å². The average Bonchev–Trinajstić information content (AvgIpc) is 2.61. The fourth-order valence-electron chi connectivity index (χ4n) is 1.96. The summed E-state index contributed by atoms with van der Waals surface area (Å²) in [4.78, 5) is 20.8. The molecule has 0 radical (unpaired) electrons.